The molecule has 0 bridgehead atoms. The van der Waals surface area contributed by atoms with E-state index >= 15 is 0 Å². The van der Waals surface area contributed by atoms with Crippen molar-refractivity contribution < 1.29 is 14.4 Å². The number of nitrogens with zero attached hydrogens (tertiary/aromatic N) is 1. The Kier molecular flexibility index (Phi) is 5.84. The second-order valence-corrected chi connectivity index (χ2v) is 7.28. The number of imide groups is 1. The third kappa shape index (κ3) is 3.67. The standard InChI is InChI=1S/C22H23ClN2O3/c1-4-14-7-9-18(23)15(5-2)20(14)24-19(26)10-11-25-21(27)16-8-6-13(3)12-17(16)22(25)28/h6-9,12H,4-5,10-11H2,1-3H3,(H,24,26). The smallest absolute Gasteiger partial charge is 0.261 e. The Morgan fingerprint density at radius 3 is 2.43 bits per heavy atom. The minimum atomic E-state index is -0.348. The predicted octanol–water partition coefficient (Wildman–Crippen LogP) is 4.40. The normalized spacial score (nSPS) is 13.1. The summed E-state index contributed by atoms with van der Waals surface area (Å²) in [5, 5.41) is 3.55. The number of hydrogen-bond acceptors (Lipinski definition) is 3. The molecule has 0 fully saturated rings. The summed E-state index contributed by atoms with van der Waals surface area (Å²) in [4.78, 5) is 38.7. The number of carbonyl (C=O) groups is 3. The molecule has 1 heterocycles. The number of benzene rings is 2. The molecule has 3 amide bonds. The number of anilines is 1. The fourth-order valence-corrected chi connectivity index (χ4v) is 3.78. The van der Waals surface area contributed by atoms with E-state index in [4.69, 9.17) is 11.6 Å². The van der Waals surface area contributed by atoms with Crippen molar-refractivity contribution >= 4 is 35.0 Å². The predicted molar refractivity (Wildman–Crippen MR) is 110 cm³/mol. The van der Waals surface area contributed by atoms with Crippen LogP contribution in [0.1, 0.15) is 57.7 Å². The molecule has 146 valence electrons. The largest absolute Gasteiger partial charge is 0.325 e. The van der Waals surface area contributed by atoms with Gasteiger partial charge in [-0.15, -0.1) is 0 Å². The van der Waals surface area contributed by atoms with Gasteiger partial charge in [0.1, 0.15) is 0 Å². The Morgan fingerprint density at radius 2 is 1.75 bits per heavy atom. The molecule has 6 heteroatoms. The molecule has 28 heavy (non-hydrogen) atoms. The topological polar surface area (TPSA) is 66.5 Å². The highest BCUT2D eigenvalue weighted by Gasteiger charge is 2.35. The lowest BCUT2D eigenvalue weighted by molar-refractivity contribution is -0.116. The minimum Gasteiger partial charge on any atom is -0.325 e. The Balaban J connectivity index is 1.72. The molecular weight excluding hydrogens is 376 g/mol. The summed E-state index contributed by atoms with van der Waals surface area (Å²) >= 11 is 6.28. The molecule has 0 atom stereocenters. The molecule has 0 saturated carbocycles. The molecule has 0 radical (unpaired) electrons. The molecule has 2 aromatic rings. The number of carbonyl (C=O) groups excluding carboxylic acids is 3. The highest BCUT2D eigenvalue weighted by atomic mass is 35.5. The second kappa shape index (κ2) is 8.15. The molecule has 2 aromatic carbocycles. The summed E-state index contributed by atoms with van der Waals surface area (Å²) in [7, 11) is 0. The summed E-state index contributed by atoms with van der Waals surface area (Å²) in [6.07, 6.45) is 1.49. The van der Waals surface area contributed by atoms with Gasteiger partial charge in [0, 0.05) is 23.7 Å². The second-order valence-electron chi connectivity index (χ2n) is 6.88. The van der Waals surface area contributed by atoms with Crippen LogP contribution in [0.4, 0.5) is 5.69 Å². The Morgan fingerprint density at radius 1 is 1.04 bits per heavy atom. The number of aryl methyl sites for hydroxylation is 2. The van der Waals surface area contributed by atoms with E-state index in [2.05, 4.69) is 5.32 Å². The molecule has 0 aliphatic carbocycles. The highest BCUT2D eigenvalue weighted by molar-refractivity contribution is 6.32. The van der Waals surface area contributed by atoms with E-state index in [1.54, 1.807) is 18.2 Å². The third-order valence-electron chi connectivity index (χ3n) is 5.03. The Hall–Kier alpha value is -2.66. The zero-order chi connectivity index (χ0) is 20.4. The van der Waals surface area contributed by atoms with Gasteiger partial charge in [-0.1, -0.05) is 43.1 Å². The van der Waals surface area contributed by atoms with E-state index in [0.29, 0.717) is 22.6 Å². The number of hydrogen-bond donors (Lipinski definition) is 1. The quantitative estimate of drug-likeness (QED) is 0.733. The van der Waals surface area contributed by atoms with Crippen LogP contribution in [-0.2, 0) is 17.6 Å². The van der Waals surface area contributed by atoms with Crippen LogP contribution in [0.5, 0.6) is 0 Å². The van der Waals surface area contributed by atoms with Gasteiger partial charge >= 0.3 is 0 Å². The number of nitrogens with one attached hydrogen (secondary N) is 1. The first-order chi connectivity index (χ1) is 13.4. The molecular formula is C22H23ClN2O3. The van der Waals surface area contributed by atoms with Crippen molar-refractivity contribution in [1.82, 2.24) is 4.90 Å². The molecule has 1 aliphatic heterocycles. The van der Waals surface area contributed by atoms with Gasteiger partial charge in [-0.05, 0) is 49.1 Å². The molecule has 0 aromatic heterocycles. The van der Waals surface area contributed by atoms with Crippen molar-refractivity contribution in [2.45, 2.75) is 40.0 Å². The lowest BCUT2D eigenvalue weighted by atomic mass is 10.0. The molecule has 0 spiro atoms. The number of fused-ring (bicyclic) bond motifs is 1. The number of rotatable bonds is 6. The van der Waals surface area contributed by atoms with E-state index in [1.807, 2.05) is 32.9 Å². The first-order valence-corrected chi connectivity index (χ1v) is 9.82. The Bertz CT molecular complexity index is 968. The maximum absolute atomic E-state index is 12.6. The number of halogens is 1. The van der Waals surface area contributed by atoms with Gasteiger partial charge in [0.05, 0.1) is 11.1 Å². The average molecular weight is 399 g/mol. The van der Waals surface area contributed by atoms with Crippen molar-refractivity contribution in [3.05, 3.63) is 63.2 Å². The molecule has 1 aliphatic rings. The van der Waals surface area contributed by atoms with Crippen molar-refractivity contribution in [3.63, 3.8) is 0 Å². The SMILES string of the molecule is CCc1ccc(Cl)c(CC)c1NC(=O)CCN1C(=O)c2ccc(C)cc2C1=O. The van der Waals surface area contributed by atoms with Gasteiger partial charge in [-0.2, -0.15) is 0 Å². The minimum absolute atomic E-state index is 0.0310. The van der Waals surface area contributed by atoms with Crippen molar-refractivity contribution in [2.75, 3.05) is 11.9 Å². The van der Waals surface area contributed by atoms with Crippen LogP contribution in [0.25, 0.3) is 0 Å². The van der Waals surface area contributed by atoms with Crippen LogP contribution in [0, 0.1) is 6.92 Å². The maximum atomic E-state index is 12.6. The van der Waals surface area contributed by atoms with E-state index in [9.17, 15) is 14.4 Å². The highest BCUT2D eigenvalue weighted by Crippen LogP contribution is 2.30. The van der Waals surface area contributed by atoms with Crippen LogP contribution >= 0.6 is 11.6 Å². The Labute approximate surface area is 169 Å². The van der Waals surface area contributed by atoms with Crippen LogP contribution in [0.2, 0.25) is 5.02 Å². The van der Waals surface area contributed by atoms with Crippen molar-refractivity contribution in [3.8, 4) is 0 Å². The number of amides is 3. The molecule has 1 N–H and O–H groups in total. The van der Waals surface area contributed by atoms with E-state index in [-0.39, 0.29) is 30.7 Å². The molecule has 0 unspecified atom stereocenters. The van der Waals surface area contributed by atoms with Crippen LogP contribution < -0.4 is 5.32 Å². The lowest BCUT2D eigenvalue weighted by Crippen LogP contribution is -2.33. The van der Waals surface area contributed by atoms with Crippen LogP contribution in [0.3, 0.4) is 0 Å². The average Bonchev–Trinajstić information content (AvgIpc) is 2.90. The zero-order valence-electron chi connectivity index (χ0n) is 16.3. The monoisotopic (exact) mass is 398 g/mol. The lowest BCUT2D eigenvalue weighted by Gasteiger charge is -2.17. The van der Waals surface area contributed by atoms with Gasteiger partial charge in [-0.25, -0.2) is 0 Å². The van der Waals surface area contributed by atoms with Crippen molar-refractivity contribution in [2.24, 2.45) is 0 Å². The summed E-state index contributed by atoms with van der Waals surface area (Å²) in [6.45, 7) is 5.91. The van der Waals surface area contributed by atoms with E-state index in [1.165, 1.54) is 0 Å². The van der Waals surface area contributed by atoms with E-state index < -0.39 is 0 Å². The van der Waals surface area contributed by atoms with Gasteiger partial charge in [0.2, 0.25) is 5.91 Å². The van der Waals surface area contributed by atoms with E-state index in [0.717, 1.165) is 33.7 Å². The third-order valence-corrected chi connectivity index (χ3v) is 5.38. The first kappa shape index (κ1) is 20.1. The summed E-state index contributed by atoms with van der Waals surface area (Å²) in [5.41, 5.74) is 4.35. The summed E-state index contributed by atoms with van der Waals surface area (Å²) in [6, 6.07) is 8.93. The van der Waals surface area contributed by atoms with Gasteiger partial charge in [-0.3, -0.25) is 19.3 Å². The summed E-state index contributed by atoms with van der Waals surface area (Å²) in [5.74, 6) is -0.943. The summed E-state index contributed by atoms with van der Waals surface area (Å²) < 4.78 is 0. The van der Waals surface area contributed by atoms with Crippen molar-refractivity contribution in [1.29, 1.82) is 0 Å². The molecule has 5 nitrogen and oxygen atoms in total. The van der Waals surface area contributed by atoms with Gasteiger partial charge in [0.15, 0.2) is 0 Å². The maximum Gasteiger partial charge on any atom is 0.261 e. The fourth-order valence-electron chi connectivity index (χ4n) is 3.49. The molecule has 3 rings (SSSR count). The van der Waals surface area contributed by atoms with Crippen LogP contribution in [-0.4, -0.2) is 29.2 Å². The van der Waals surface area contributed by atoms with Crippen LogP contribution in [0.15, 0.2) is 30.3 Å². The van der Waals surface area contributed by atoms with Gasteiger partial charge in [0.25, 0.3) is 11.8 Å². The fraction of sp³-hybridized carbons (Fsp3) is 0.318. The first-order valence-electron chi connectivity index (χ1n) is 9.44. The zero-order valence-corrected chi connectivity index (χ0v) is 17.0. The molecule has 0 saturated heterocycles. The van der Waals surface area contributed by atoms with Gasteiger partial charge < -0.3 is 5.32 Å².